The lowest BCUT2D eigenvalue weighted by Crippen LogP contribution is -2.22. The molecule has 0 unspecified atom stereocenters. The van der Waals surface area contributed by atoms with E-state index in [1.54, 1.807) is 29.6 Å². The van der Waals surface area contributed by atoms with Gasteiger partial charge < -0.3 is 10.6 Å². The second kappa shape index (κ2) is 5.67. The average Bonchev–Trinajstić information content (AvgIpc) is 3.07. The minimum absolute atomic E-state index is 0.0447. The standard InChI is InChI=1S/C16H16N4OS2/c1-8-14-11(4-6-18-8)22-16(20-14)13-10-3-5-17-7-12(10)23-15(13)19-9(2)21/h4,6,17H,3,5,7H2,1-2H3,(H,19,21). The molecule has 0 aromatic carbocycles. The van der Waals surface area contributed by atoms with Crippen LogP contribution in [0.15, 0.2) is 12.3 Å². The molecule has 4 rings (SSSR count). The maximum atomic E-state index is 11.6. The van der Waals surface area contributed by atoms with Crippen LogP contribution in [0.1, 0.15) is 23.1 Å². The molecular formula is C16H16N4OS2. The van der Waals surface area contributed by atoms with Crippen molar-refractivity contribution in [3.63, 3.8) is 0 Å². The van der Waals surface area contributed by atoms with Crippen molar-refractivity contribution in [2.24, 2.45) is 0 Å². The van der Waals surface area contributed by atoms with Crippen molar-refractivity contribution in [3.8, 4) is 10.6 Å². The first kappa shape index (κ1) is 14.7. The van der Waals surface area contributed by atoms with Gasteiger partial charge in [0, 0.05) is 30.1 Å². The lowest BCUT2D eigenvalue weighted by molar-refractivity contribution is -0.114. The van der Waals surface area contributed by atoms with Crippen LogP contribution in [0.3, 0.4) is 0 Å². The molecule has 118 valence electrons. The van der Waals surface area contributed by atoms with Gasteiger partial charge in [-0.05, 0) is 31.5 Å². The molecule has 23 heavy (non-hydrogen) atoms. The summed E-state index contributed by atoms with van der Waals surface area (Å²) in [4.78, 5) is 22.0. The largest absolute Gasteiger partial charge is 0.317 e. The molecule has 2 N–H and O–H groups in total. The van der Waals surface area contributed by atoms with Crippen LogP contribution in [0.25, 0.3) is 20.8 Å². The van der Waals surface area contributed by atoms with E-state index in [4.69, 9.17) is 4.98 Å². The summed E-state index contributed by atoms with van der Waals surface area (Å²) < 4.78 is 1.13. The Morgan fingerprint density at radius 3 is 3.04 bits per heavy atom. The van der Waals surface area contributed by atoms with Gasteiger partial charge in [-0.15, -0.1) is 22.7 Å². The fourth-order valence-corrected chi connectivity index (χ4v) is 5.32. The summed E-state index contributed by atoms with van der Waals surface area (Å²) >= 11 is 3.32. The van der Waals surface area contributed by atoms with Gasteiger partial charge in [0.05, 0.1) is 10.4 Å². The molecule has 3 aromatic rings. The summed E-state index contributed by atoms with van der Waals surface area (Å²) in [6.07, 6.45) is 2.79. The zero-order valence-electron chi connectivity index (χ0n) is 12.9. The van der Waals surface area contributed by atoms with Crippen molar-refractivity contribution in [3.05, 3.63) is 28.4 Å². The number of nitrogens with zero attached hydrogens (tertiary/aromatic N) is 2. The van der Waals surface area contributed by atoms with Crippen LogP contribution < -0.4 is 10.6 Å². The van der Waals surface area contributed by atoms with E-state index in [2.05, 4.69) is 15.6 Å². The third kappa shape index (κ3) is 2.54. The van der Waals surface area contributed by atoms with E-state index in [1.165, 1.54) is 10.4 Å². The number of nitrogens with one attached hydrogen (secondary N) is 2. The number of carbonyl (C=O) groups excluding carboxylic acids is 1. The number of anilines is 1. The first-order valence-electron chi connectivity index (χ1n) is 7.49. The number of rotatable bonds is 2. The fraction of sp³-hybridized carbons (Fsp3) is 0.312. The van der Waals surface area contributed by atoms with Crippen LogP contribution in [0.5, 0.6) is 0 Å². The fourth-order valence-electron chi connectivity index (χ4n) is 2.90. The number of aryl methyl sites for hydroxylation is 1. The van der Waals surface area contributed by atoms with Gasteiger partial charge in [-0.3, -0.25) is 9.78 Å². The highest BCUT2D eigenvalue weighted by atomic mass is 32.1. The molecule has 5 nitrogen and oxygen atoms in total. The van der Waals surface area contributed by atoms with E-state index < -0.39 is 0 Å². The summed E-state index contributed by atoms with van der Waals surface area (Å²) in [6.45, 7) is 5.35. The van der Waals surface area contributed by atoms with Gasteiger partial charge >= 0.3 is 0 Å². The summed E-state index contributed by atoms with van der Waals surface area (Å²) in [5.41, 5.74) is 4.32. The lowest BCUT2D eigenvalue weighted by Gasteiger charge is -2.13. The Labute approximate surface area is 141 Å². The summed E-state index contributed by atoms with van der Waals surface area (Å²) in [5, 5.41) is 8.27. The van der Waals surface area contributed by atoms with E-state index >= 15 is 0 Å². The smallest absolute Gasteiger partial charge is 0.221 e. The van der Waals surface area contributed by atoms with Crippen molar-refractivity contribution < 1.29 is 4.79 Å². The van der Waals surface area contributed by atoms with Crippen LogP contribution in [-0.4, -0.2) is 22.4 Å². The molecule has 0 fully saturated rings. The first-order chi connectivity index (χ1) is 11.1. The first-order valence-corrected chi connectivity index (χ1v) is 9.12. The number of hydrogen-bond acceptors (Lipinski definition) is 6. The molecule has 4 heterocycles. The zero-order chi connectivity index (χ0) is 16.0. The van der Waals surface area contributed by atoms with E-state index in [0.717, 1.165) is 51.0 Å². The van der Waals surface area contributed by atoms with E-state index in [0.29, 0.717) is 0 Å². The molecule has 7 heteroatoms. The number of aromatic nitrogens is 2. The average molecular weight is 344 g/mol. The SMILES string of the molecule is CC(=O)Nc1sc2c(c1-c1nc3c(C)nccc3s1)CCNC2. The van der Waals surface area contributed by atoms with E-state index in [1.807, 2.05) is 19.2 Å². The molecule has 1 aliphatic heterocycles. The molecular weight excluding hydrogens is 328 g/mol. The van der Waals surface area contributed by atoms with Gasteiger partial charge in [0.1, 0.15) is 15.5 Å². The monoisotopic (exact) mass is 344 g/mol. The number of thiazole rings is 1. The second-order valence-electron chi connectivity index (χ2n) is 5.58. The number of hydrogen-bond donors (Lipinski definition) is 2. The van der Waals surface area contributed by atoms with Gasteiger partial charge in [-0.25, -0.2) is 4.98 Å². The maximum Gasteiger partial charge on any atom is 0.221 e. The van der Waals surface area contributed by atoms with Crippen LogP contribution in [0.2, 0.25) is 0 Å². The predicted molar refractivity (Wildman–Crippen MR) is 95.2 cm³/mol. The highest BCUT2D eigenvalue weighted by molar-refractivity contribution is 7.23. The number of carbonyl (C=O) groups is 1. The minimum atomic E-state index is -0.0447. The maximum absolute atomic E-state index is 11.6. The van der Waals surface area contributed by atoms with Gasteiger partial charge in [0.2, 0.25) is 5.91 Å². The molecule has 0 radical (unpaired) electrons. The van der Waals surface area contributed by atoms with Gasteiger partial charge in [-0.2, -0.15) is 0 Å². The molecule has 0 bridgehead atoms. The zero-order valence-corrected chi connectivity index (χ0v) is 14.5. The normalized spacial score (nSPS) is 14.0. The van der Waals surface area contributed by atoms with Crippen LogP contribution in [-0.2, 0) is 17.8 Å². The third-order valence-electron chi connectivity index (χ3n) is 3.92. The Morgan fingerprint density at radius 2 is 2.26 bits per heavy atom. The topological polar surface area (TPSA) is 66.9 Å². The van der Waals surface area contributed by atoms with Crippen LogP contribution in [0.4, 0.5) is 5.00 Å². The number of thiophene rings is 1. The third-order valence-corrected chi connectivity index (χ3v) is 6.11. The van der Waals surface area contributed by atoms with Crippen molar-refractivity contribution in [2.45, 2.75) is 26.8 Å². The number of fused-ring (bicyclic) bond motifs is 2. The van der Waals surface area contributed by atoms with E-state index in [9.17, 15) is 4.79 Å². The minimum Gasteiger partial charge on any atom is -0.317 e. The van der Waals surface area contributed by atoms with Crippen molar-refractivity contribution in [1.29, 1.82) is 0 Å². The molecule has 0 aliphatic carbocycles. The van der Waals surface area contributed by atoms with Crippen molar-refractivity contribution in [2.75, 3.05) is 11.9 Å². The molecule has 1 aliphatic rings. The van der Waals surface area contributed by atoms with Crippen LogP contribution in [0, 0.1) is 6.92 Å². The molecule has 1 amide bonds. The van der Waals surface area contributed by atoms with Gasteiger partial charge in [0.25, 0.3) is 0 Å². The van der Waals surface area contributed by atoms with Crippen molar-refractivity contribution in [1.82, 2.24) is 15.3 Å². The Morgan fingerprint density at radius 1 is 1.39 bits per heavy atom. The van der Waals surface area contributed by atoms with Crippen molar-refractivity contribution >= 4 is 43.8 Å². The van der Waals surface area contributed by atoms with E-state index in [-0.39, 0.29) is 5.91 Å². The molecule has 0 spiro atoms. The quantitative estimate of drug-likeness (QED) is 0.748. The number of amides is 1. The summed E-state index contributed by atoms with van der Waals surface area (Å²) in [5.74, 6) is -0.0447. The Kier molecular flexibility index (Phi) is 3.63. The second-order valence-corrected chi connectivity index (χ2v) is 7.71. The predicted octanol–water partition coefficient (Wildman–Crippen LogP) is 3.33. The molecule has 0 saturated heterocycles. The highest BCUT2D eigenvalue weighted by Gasteiger charge is 2.24. The Balaban J connectivity index is 1.93. The molecule has 0 saturated carbocycles. The highest BCUT2D eigenvalue weighted by Crippen LogP contribution is 2.44. The molecule has 0 atom stereocenters. The molecule has 3 aromatic heterocycles. The Hall–Kier alpha value is -1.83. The van der Waals surface area contributed by atoms with Crippen LogP contribution >= 0.6 is 22.7 Å². The Bertz CT molecular complexity index is 912. The summed E-state index contributed by atoms with van der Waals surface area (Å²) in [6, 6.07) is 2.00. The van der Waals surface area contributed by atoms with Gasteiger partial charge in [0.15, 0.2) is 0 Å². The summed E-state index contributed by atoms with van der Waals surface area (Å²) in [7, 11) is 0. The number of pyridine rings is 1. The lowest BCUT2D eigenvalue weighted by atomic mass is 10.0. The van der Waals surface area contributed by atoms with Gasteiger partial charge in [-0.1, -0.05) is 0 Å².